The van der Waals surface area contributed by atoms with Crippen molar-refractivity contribution in [3.8, 4) is 0 Å². The van der Waals surface area contributed by atoms with Crippen LogP contribution in [-0.4, -0.2) is 65.0 Å². The van der Waals surface area contributed by atoms with E-state index in [1.807, 2.05) is 30.0 Å². The first-order chi connectivity index (χ1) is 13.3. The van der Waals surface area contributed by atoms with Crippen LogP contribution in [0.2, 0.25) is 0 Å². The maximum atomic E-state index is 12.7. The van der Waals surface area contributed by atoms with E-state index >= 15 is 0 Å². The minimum Gasteiger partial charge on any atom is -0.382 e. The highest BCUT2D eigenvalue weighted by Crippen LogP contribution is 2.26. The highest BCUT2D eigenvalue weighted by molar-refractivity contribution is 5.97. The molecular weight excluding hydrogens is 344 g/mol. The van der Waals surface area contributed by atoms with Crippen molar-refractivity contribution in [1.82, 2.24) is 10.6 Å². The summed E-state index contributed by atoms with van der Waals surface area (Å²) in [6.07, 6.45) is 2.88. The highest BCUT2D eigenvalue weighted by atomic mass is 16.5. The Hall–Kier alpha value is -2.12. The molecule has 150 valence electrons. The molecule has 1 amide bonds. The zero-order chi connectivity index (χ0) is 19.3. The Bertz CT molecular complexity index is 607. The first kappa shape index (κ1) is 21.2. The van der Waals surface area contributed by atoms with Gasteiger partial charge < -0.3 is 25.0 Å². The van der Waals surface area contributed by atoms with Crippen molar-refractivity contribution in [3.05, 3.63) is 29.8 Å². The second kappa shape index (κ2) is 12.3. The molecule has 1 heterocycles. The summed E-state index contributed by atoms with van der Waals surface area (Å²) in [6.45, 7) is 6.27. The highest BCUT2D eigenvalue weighted by Gasteiger charge is 2.21. The van der Waals surface area contributed by atoms with Crippen LogP contribution in [-0.2, 0) is 20.7 Å². The first-order valence-electron chi connectivity index (χ1n) is 9.73. The predicted octanol–water partition coefficient (Wildman–Crippen LogP) is 1.57. The number of methoxy groups -OCH3 is 1. The summed E-state index contributed by atoms with van der Waals surface area (Å²) in [5.74, 6) is 0.690. The number of carbonyl (C=O) groups is 1. The van der Waals surface area contributed by atoms with Crippen molar-refractivity contribution in [3.63, 3.8) is 0 Å². The Labute approximate surface area is 162 Å². The van der Waals surface area contributed by atoms with E-state index in [-0.39, 0.29) is 12.5 Å². The molecule has 0 saturated carbocycles. The molecule has 2 N–H and O–H groups in total. The largest absolute Gasteiger partial charge is 0.382 e. The van der Waals surface area contributed by atoms with Crippen LogP contribution in [0.1, 0.15) is 25.3 Å². The Morgan fingerprint density at radius 1 is 1.22 bits per heavy atom. The molecule has 0 radical (unpaired) electrons. The summed E-state index contributed by atoms with van der Waals surface area (Å²) >= 11 is 0. The number of amides is 1. The van der Waals surface area contributed by atoms with E-state index in [4.69, 9.17) is 9.47 Å². The van der Waals surface area contributed by atoms with Gasteiger partial charge in [-0.15, -0.1) is 0 Å². The summed E-state index contributed by atoms with van der Waals surface area (Å²) in [6, 6.07) is 8.12. The van der Waals surface area contributed by atoms with Crippen LogP contribution in [0.5, 0.6) is 0 Å². The lowest BCUT2D eigenvalue weighted by Crippen LogP contribution is -2.41. The molecule has 0 bridgehead atoms. The van der Waals surface area contributed by atoms with Crippen LogP contribution in [0.4, 0.5) is 5.69 Å². The number of ether oxygens (including phenoxy) is 2. The maximum Gasteiger partial charge on any atom is 0.248 e. The van der Waals surface area contributed by atoms with Crippen molar-refractivity contribution >= 4 is 17.6 Å². The number of hydrogen-bond donors (Lipinski definition) is 2. The number of hydrogen-bond acceptors (Lipinski definition) is 4. The van der Waals surface area contributed by atoms with Gasteiger partial charge in [-0.2, -0.15) is 0 Å². The molecule has 1 aliphatic heterocycles. The van der Waals surface area contributed by atoms with E-state index in [1.54, 1.807) is 7.11 Å². The Morgan fingerprint density at radius 3 is 2.89 bits per heavy atom. The lowest BCUT2D eigenvalue weighted by molar-refractivity contribution is -0.117. The number of para-hydroxylation sites is 1. The number of nitrogens with one attached hydrogen (secondary N) is 2. The number of rotatable bonds is 10. The van der Waals surface area contributed by atoms with Crippen LogP contribution in [0.3, 0.4) is 0 Å². The summed E-state index contributed by atoms with van der Waals surface area (Å²) in [4.78, 5) is 19.0. The van der Waals surface area contributed by atoms with Gasteiger partial charge in [-0.1, -0.05) is 18.2 Å². The lowest BCUT2D eigenvalue weighted by atomic mass is 10.0. The average Bonchev–Trinajstić information content (AvgIpc) is 2.70. The SMILES string of the molecule is CCNC(=NCC(=O)N1CCCc2ccccc21)NCCCOCCOC. The second-order valence-corrected chi connectivity index (χ2v) is 6.36. The summed E-state index contributed by atoms with van der Waals surface area (Å²) in [5, 5.41) is 6.42. The van der Waals surface area contributed by atoms with Crippen molar-refractivity contribution in [2.45, 2.75) is 26.2 Å². The van der Waals surface area contributed by atoms with E-state index in [0.29, 0.717) is 25.8 Å². The van der Waals surface area contributed by atoms with E-state index in [1.165, 1.54) is 5.56 Å². The van der Waals surface area contributed by atoms with Crippen molar-refractivity contribution in [1.29, 1.82) is 0 Å². The predicted molar refractivity (Wildman–Crippen MR) is 108 cm³/mol. The molecule has 0 unspecified atom stereocenters. The van der Waals surface area contributed by atoms with E-state index in [0.717, 1.165) is 44.6 Å². The van der Waals surface area contributed by atoms with Crippen molar-refractivity contribution in [2.75, 3.05) is 58.0 Å². The van der Waals surface area contributed by atoms with Gasteiger partial charge in [-0.05, 0) is 37.8 Å². The van der Waals surface area contributed by atoms with Gasteiger partial charge in [0.2, 0.25) is 5.91 Å². The zero-order valence-corrected chi connectivity index (χ0v) is 16.5. The summed E-state index contributed by atoms with van der Waals surface area (Å²) in [7, 11) is 1.66. The number of anilines is 1. The first-order valence-corrected chi connectivity index (χ1v) is 9.73. The third-order valence-corrected chi connectivity index (χ3v) is 4.32. The van der Waals surface area contributed by atoms with Crippen LogP contribution in [0.25, 0.3) is 0 Å². The van der Waals surface area contributed by atoms with Crippen LogP contribution in [0.15, 0.2) is 29.3 Å². The molecule has 7 nitrogen and oxygen atoms in total. The molecular formula is C20H32N4O3. The third kappa shape index (κ3) is 7.19. The summed E-state index contributed by atoms with van der Waals surface area (Å²) < 4.78 is 10.4. The smallest absolute Gasteiger partial charge is 0.248 e. The second-order valence-electron chi connectivity index (χ2n) is 6.36. The van der Waals surface area contributed by atoms with Crippen molar-refractivity contribution < 1.29 is 14.3 Å². The van der Waals surface area contributed by atoms with Gasteiger partial charge in [0.15, 0.2) is 5.96 Å². The van der Waals surface area contributed by atoms with Crippen LogP contribution in [0, 0.1) is 0 Å². The van der Waals surface area contributed by atoms with E-state index in [2.05, 4.69) is 21.7 Å². The lowest BCUT2D eigenvalue weighted by Gasteiger charge is -2.29. The number of benzene rings is 1. The molecule has 2 rings (SSSR count). The van der Waals surface area contributed by atoms with Gasteiger partial charge in [0.05, 0.1) is 13.2 Å². The minimum absolute atomic E-state index is 0.0299. The van der Waals surface area contributed by atoms with Gasteiger partial charge in [0.1, 0.15) is 6.54 Å². The normalized spacial score (nSPS) is 14.0. The number of fused-ring (bicyclic) bond motifs is 1. The Morgan fingerprint density at radius 2 is 2.07 bits per heavy atom. The van der Waals surface area contributed by atoms with Gasteiger partial charge in [0.25, 0.3) is 0 Å². The Kier molecular flexibility index (Phi) is 9.65. The Balaban J connectivity index is 1.81. The quantitative estimate of drug-likeness (QED) is 0.368. The fourth-order valence-corrected chi connectivity index (χ4v) is 2.99. The molecule has 0 atom stereocenters. The van der Waals surface area contributed by atoms with Gasteiger partial charge in [0, 0.05) is 39.0 Å². The number of aliphatic imine (C=N–C) groups is 1. The molecule has 7 heteroatoms. The van der Waals surface area contributed by atoms with Gasteiger partial charge >= 0.3 is 0 Å². The minimum atomic E-state index is 0.0299. The third-order valence-electron chi connectivity index (χ3n) is 4.32. The molecule has 0 aliphatic carbocycles. The molecule has 0 spiro atoms. The zero-order valence-electron chi connectivity index (χ0n) is 16.5. The number of aryl methyl sites for hydroxylation is 1. The molecule has 1 aromatic rings. The monoisotopic (exact) mass is 376 g/mol. The van der Waals surface area contributed by atoms with Crippen LogP contribution >= 0.6 is 0 Å². The molecule has 1 aromatic carbocycles. The average molecular weight is 377 g/mol. The molecule has 1 aliphatic rings. The van der Waals surface area contributed by atoms with Gasteiger partial charge in [-0.3, -0.25) is 4.79 Å². The maximum absolute atomic E-state index is 12.7. The van der Waals surface area contributed by atoms with Gasteiger partial charge in [-0.25, -0.2) is 4.99 Å². The van der Waals surface area contributed by atoms with E-state index < -0.39 is 0 Å². The molecule has 27 heavy (non-hydrogen) atoms. The fourth-order valence-electron chi connectivity index (χ4n) is 2.99. The standard InChI is InChI=1S/C20H32N4O3/c1-3-21-20(22-11-7-13-27-15-14-26-2)23-16-19(25)24-12-6-9-17-8-4-5-10-18(17)24/h4-5,8,10H,3,6-7,9,11-16H2,1-2H3,(H2,21,22,23). The summed E-state index contributed by atoms with van der Waals surface area (Å²) in [5.41, 5.74) is 2.26. The fraction of sp³-hybridized carbons (Fsp3) is 0.600. The number of nitrogens with zero attached hydrogens (tertiary/aromatic N) is 2. The van der Waals surface area contributed by atoms with Crippen LogP contribution < -0.4 is 15.5 Å². The molecule has 0 aromatic heterocycles. The number of guanidine groups is 1. The topological polar surface area (TPSA) is 75.2 Å². The molecule has 0 saturated heterocycles. The van der Waals surface area contributed by atoms with E-state index in [9.17, 15) is 4.79 Å². The van der Waals surface area contributed by atoms with Crippen molar-refractivity contribution in [2.24, 2.45) is 4.99 Å². The number of carbonyl (C=O) groups excluding carboxylic acids is 1. The molecule has 0 fully saturated rings.